The summed E-state index contributed by atoms with van der Waals surface area (Å²) in [4.78, 5) is 4.58. The fourth-order valence-corrected chi connectivity index (χ4v) is 4.43. The Labute approximate surface area is 186 Å². The maximum absolute atomic E-state index is 5.56. The second kappa shape index (κ2) is 6.99. The number of hydrogen-bond donors (Lipinski definition) is 0. The van der Waals surface area contributed by atoms with Crippen LogP contribution in [0.5, 0.6) is 0 Å². The lowest BCUT2D eigenvalue weighted by Gasteiger charge is -2.05. The zero-order valence-electron chi connectivity index (χ0n) is 16.6. The standard InChI is InChI=1S/C24H16BrN5O/c1-14-21(22(29-31-14)15-6-3-2-4-7-15)24-28-27-23-18-12-16(10-11-17(18)13-30(23)24)19-8-5-9-20(25)26-19/h2-12H,13H2,1H3. The number of fused-ring (bicyclic) bond motifs is 3. The molecule has 0 atom stereocenters. The molecule has 4 heterocycles. The second-order valence-corrected chi connectivity index (χ2v) is 8.29. The molecule has 0 saturated carbocycles. The van der Waals surface area contributed by atoms with Gasteiger partial charge in [0.05, 0.1) is 17.8 Å². The van der Waals surface area contributed by atoms with Crippen LogP contribution in [0.25, 0.3) is 45.3 Å². The predicted molar refractivity (Wildman–Crippen MR) is 121 cm³/mol. The molecular formula is C24H16BrN5O. The summed E-state index contributed by atoms with van der Waals surface area (Å²) in [5, 5.41) is 13.4. The average molecular weight is 470 g/mol. The zero-order valence-corrected chi connectivity index (χ0v) is 18.2. The Balaban J connectivity index is 1.47. The number of pyridine rings is 1. The van der Waals surface area contributed by atoms with Gasteiger partial charge in [-0.25, -0.2) is 4.98 Å². The van der Waals surface area contributed by atoms with Crippen LogP contribution in [0.1, 0.15) is 11.3 Å². The predicted octanol–water partition coefficient (Wildman–Crippen LogP) is 5.76. The molecule has 0 N–H and O–H groups in total. The molecule has 1 aliphatic heterocycles. The van der Waals surface area contributed by atoms with Gasteiger partial charge in [-0.1, -0.05) is 53.7 Å². The largest absolute Gasteiger partial charge is 0.360 e. The van der Waals surface area contributed by atoms with E-state index in [1.54, 1.807) is 0 Å². The topological polar surface area (TPSA) is 69.6 Å². The molecule has 31 heavy (non-hydrogen) atoms. The van der Waals surface area contributed by atoms with Gasteiger partial charge in [0.15, 0.2) is 11.6 Å². The molecule has 2 aromatic carbocycles. The van der Waals surface area contributed by atoms with Crippen LogP contribution < -0.4 is 0 Å². The van der Waals surface area contributed by atoms with Crippen LogP contribution >= 0.6 is 15.9 Å². The molecule has 0 bridgehead atoms. The van der Waals surface area contributed by atoms with Crippen molar-refractivity contribution in [2.45, 2.75) is 13.5 Å². The van der Waals surface area contributed by atoms with E-state index in [4.69, 9.17) is 4.52 Å². The number of nitrogens with zero attached hydrogens (tertiary/aromatic N) is 5. The highest BCUT2D eigenvalue weighted by molar-refractivity contribution is 9.10. The first-order chi connectivity index (χ1) is 15.2. The molecule has 0 spiro atoms. The van der Waals surface area contributed by atoms with Crippen LogP contribution in [0.4, 0.5) is 0 Å². The van der Waals surface area contributed by atoms with E-state index in [2.05, 4.69) is 59.0 Å². The maximum Gasteiger partial charge on any atom is 0.170 e. The van der Waals surface area contributed by atoms with E-state index in [0.717, 1.165) is 55.7 Å². The minimum Gasteiger partial charge on any atom is -0.360 e. The van der Waals surface area contributed by atoms with E-state index in [0.29, 0.717) is 6.54 Å². The van der Waals surface area contributed by atoms with Crippen molar-refractivity contribution >= 4 is 15.9 Å². The van der Waals surface area contributed by atoms with Crippen LogP contribution in [-0.2, 0) is 6.54 Å². The van der Waals surface area contributed by atoms with Crippen molar-refractivity contribution in [2.24, 2.45) is 0 Å². The van der Waals surface area contributed by atoms with Gasteiger partial charge in [0.25, 0.3) is 0 Å². The number of hydrogen-bond acceptors (Lipinski definition) is 5. The second-order valence-electron chi connectivity index (χ2n) is 7.48. The third kappa shape index (κ3) is 2.92. The first-order valence-corrected chi connectivity index (χ1v) is 10.7. The average Bonchev–Trinajstić information content (AvgIpc) is 3.47. The molecule has 0 saturated heterocycles. The van der Waals surface area contributed by atoms with Crippen LogP contribution in [0.3, 0.4) is 0 Å². The SMILES string of the molecule is Cc1onc(-c2ccccc2)c1-c1nnc2n1Cc1ccc(-c3cccc(Br)n3)cc1-2. The summed E-state index contributed by atoms with van der Waals surface area (Å²) in [6.07, 6.45) is 0. The Morgan fingerprint density at radius 1 is 0.903 bits per heavy atom. The van der Waals surface area contributed by atoms with Crippen LogP contribution in [0.15, 0.2) is 75.9 Å². The monoisotopic (exact) mass is 469 g/mol. The van der Waals surface area contributed by atoms with Gasteiger partial charge in [-0.05, 0) is 46.6 Å². The van der Waals surface area contributed by atoms with E-state index in [-0.39, 0.29) is 0 Å². The third-order valence-electron chi connectivity index (χ3n) is 5.57. The van der Waals surface area contributed by atoms with Crippen molar-refractivity contribution in [3.63, 3.8) is 0 Å². The smallest absolute Gasteiger partial charge is 0.170 e. The summed E-state index contributed by atoms with van der Waals surface area (Å²) in [5.41, 5.74) is 6.90. The highest BCUT2D eigenvalue weighted by Crippen LogP contribution is 2.40. The van der Waals surface area contributed by atoms with E-state index in [9.17, 15) is 0 Å². The summed E-state index contributed by atoms with van der Waals surface area (Å²) >= 11 is 3.45. The summed E-state index contributed by atoms with van der Waals surface area (Å²) in [5.74, 6) is 2.34. The molecule has 7 heteroatoms. The molecule has 6 nitrogen and oxygen atoms in total. The van der Waals surface area contributed by atoms with Crippen molar-refractivity contribution < 1.29 is 4.52 Å². The van der Waals surface area contributed by atoms with Crippen molar-refractivity contribution in [3.8, 4) is 45.3 Å². The van der Waals surface area contributed by atoms with Gasteiger partial charge in [0.2, 0.25) is 0 Å². The van der Waals surface area contributed by atoms with Crippen molar-refractivity contribution in [3.05, 3.63) is 82.7 Å². The first kappa shape index (κ1) is 18.2. The molecule has 0 aliphatic carbocycles. The Kier molecular flexibility index (Phi) is 4.11. The lowest BCUT2D eigenvalue weighted by atomic mass is 10.0. The summed E-state index contributed by atoms with van der Waals surface area (Å²) in [6.45, 7) is 2.62. The van der Waals surface area contributed by atoms with Gasteiger partial charge in [-0.15, -0.1) is 10.2 Å². The fraction of sp³-hybridized carbons (Fsp3) is 0.0833. The Morgan fingerprint density at radius 2 is 1.74 bits per heavy atom. The van der Waals surface area contributed by atoms with Gasteiger partial charge >= 0.3 is 0 Å². The van der Waals surface area contributed by atoms with Crippen LogP contribution in [-0.4, -0.2) is 24.9 Å². The van der Waals surface area contributed by atoms with Crippen molar-refractivity contribution in [1.82, 2.24) is 24.9 Å². The number of rotatable bonds is 3. The lowest BCUT2D eigenvalue weighted by Crippen LogP contribution is -1.98. The minimum absolute atomic E-state index is 0.706. The van der Waals surface area contributed by atoms with E-state index in [1.165, 1.54) is 5.56 Å². The Morgan fingerprint density at radius 3 is 2.58 bits per heavy atom. The Bertz CT molecular complexity index is 1440. The number of benzene rings is 2. The van der Waals surface area contributed by atoms with Gasteiger partial charge in [-0.3, -0.25) is 0 Å². The molecule has 0 unspecified atom stereocenters. The normalized spacial score (nSPS) is 12.1. The molecule has 0 radical (unpaired) electrons. The summed E-state index contributed by atoms with van der Waals surface area (Å²) in [7, 11) is 0. The third-order valence-corrected chi connectivity index (χ3v) is 6.02. The fourth-order valence-electron chi connectivity index (χ4n) is 4.09. The van der Waals surface area contributed by atoms with Gasteiger partial charge in [0, 0.05) is 16.7 Å². The highest BCUT2D eigenvalue weighted by Gasteiger charge is 2.29. The molecule has 150 valence electrons. The molecular weight excluding hydrogens is 454 g/mol. The van der Waals surface area contributed by atoms with Gasteiger partial charge in [0.1, 0.15) is 16.1 Å². The number of halogens is 1. The van der Waals surface area contributed by atoms with Gasteiger partial charge in [-0.2, -0.15) is 0 Å². The molecule has 0 fully saturated rings. The number of aromatic nitrogens is 5. The van der Waals surface area contributed by atoms with E-state index < -0.39 is 0 Å². The lowest BCUT2D eigenvalue weighted by molar-refractivity contribution is 0.400. The van der Waals surface area contributed by atoms with E-state index in [1.807, 2.05) is 55.5 Å². The first-order valence-electron chi connectivity index (χ1n) is 9.90. The maximum atomic E-state index is 5.56. The summed E-state index contributed by atoms with van der Waals surface area (Å²) in [6, 6.07) is 22.3. The van der Waals surface area contributed by atoms with Crippen LogP contribution in [0, 0.1) is 6.92 Å². The molecule has 0 amide bonds. The Hall–Kier alpha value is -3.58. The van der Waals surface area contributed by atoms with E-state index >= 15 is 0 Å². The molecule has 5 aromatic rings. The van der Waals surface area contributed by atoms with Gasteiger partial charge < -0.3 is 9.09 Å². The molecule has 1 aliphatic rings. The zero-order chi connectivity index (χ0) is 20.9. The number of aryl methyl sites for hydroxylation is 1. The highest BCUT2D eigenvalue weighted by atomic mass is 79.9. The van der Waals surface area contributed by atoms with Crippen molar-refractivity contribution in [1.29, 1.82) is 0 Å². The van der Waals surface area contributed by atoms with Crippen LogP contribution in [0.2, 0.25) is 0 Å². The molecule has 6 rings (SSSR count). The molecule has 3 aromatic heterocycles. The summed E-state index contributed by atoms with van der Waals surface area (Å²) < 4.78 is 8.50. The van der Waals surface area contributed by atoms with Crippen molar-refractivity contribution in [2.75, 3.05) is 0 Å². The quantitative estimate of drug-likeness (QED) is 0.308. The minimum atomic E-state index is 0.706.